The number of carbonyl (C=O) groups excluding carboxylic acids is 4. The molecule has 1 heterocycles. The Hall–Kier alpha value is -3.88. The molecule has 4 amide bonds. The van der Waals surface area contributed by atoms with Crippen LogP contribution in [0.4, 0.5) is 4.79 Å². The Balaban J connectivity index is 1.31. The first-order valence-electron chi connectivity index (χ1n) is 10.8. The third-order valence-electron chi connectivity index (χ3n) is 5.91. The van der Waals surface area contributed by atoms with E-state index in [2.05, 4.69) is 17.7 Å². The number of amides is 4. The molecule has 1 aliphatic heterocycles. The monoisotopic (exact) mass is 451 g/mol. The number of esters is 1. The molecule has 0 unspecified atom stereocenters. The van der Waals surface area contributed by atoms with Crippen LogP contribution in [0, 0.1) is 5.92 Å². The Morgan fingerprint density at radius 3 is 2.48 bits per heavy atom. The van der Waals surface area contributed by atoms with Crippen LogP contribution in [-0.2, 0) is 14.3 Å². The van der Waals surface area contributed by atoms with Crippen LogP contribution in [0.15, 0.2) is 54.6 Å². The van der Waals surface area contributed by atoms with Gasteiger partial charge in [-0.05, 0) is 61.9 Å². The van der Waals surface area contributed by atoms with Crippen molar-refractivity contribution in [2.45, 2.75) is 38.1 Å². The molecular formula is C24H25N3O6. The number of benzene rings is 2. The number of nitrogens with zero attached hydrogens (tertiary/aromatic N) is 1. The van der Waals surface area contributed by atoms with E-state index in [4.69, 9.17) is 9.47 Å². The summed E-state index contributed by atoms with van der Waals surface area (Å²) in [6, 6.07) is 14.7. The number of ether oxygens (including phenoxy) is 2. The Morgan fingerprint density at radius 1 is 1.06 bits per heavy atom. The van der Waals surface area contributed by atoms with Crippen LogP contribution in [0.5, 0.6) is 11.5 Å². The summed E-state index contributed by atoms with van der Waals surface area (Å²) in [6.45, 7) is 1.45. The van der Waals surface area contributed by atoms with Crippen molar-refractivity contribution in [2.75, 3.05) is 6.61 Å². The van der Waals surface area contributed by atoms with Crippen molar-refractivity contribution in [1.82, 2.24) is 15.8 Å². The predicted octanol–water partition coefficient (Wildman–Crippen LogP) is 3.17. The van der Waals surface area contributed by atoms with Crippen LogP contribution in [0.3, 0.4) is 0 Å². The summed E-state index contributed by atoms with van der Waals surface area (Å²) in [5.41, 5.74) is 1.47. The van der Waals surface area contributed by atoms with Crippen molar-refractivity contribution in [1.29, 1.82) is 0 Å². The lowest BCUT2D eigenvalue weighted by molar-refractivity contribution is -0.141. The fourth-order valence-electron chi connectivity index (χ4n) is 4.00. The van der Waals surface area contributed by atoms with Crippen LogP contribution in [0.1, 0.15) is 43.0 Å². The second-order valence-corrected chi connectivity index (χ2v) is 8.39. The number of urea groups is 1. The van der Waals surface area contributed by atoms with Crippen LogP contribution < -0.4 is 15.5 Å². The molecule has 2 aliphatic rings. The van der Waals surface area contributed by atoms with E-state index < -0.39 is 36.0 Å². The Bertz CT molecular complexity index is 1060. The van der Waals surface area contributed by atoms with Gasteiger partial charge in [-0.25, -0.2) is 9.59 Å². The number of para-hydroxylation sites is 1. The molecule has 0 atom stereocenters. The fourth-order valence-corrected chi connectivity index (χ4v) is 4.00. The quantitative estimate of drug-likeness (QED) is 0.515. The summed E-state index contributed by atoms with van der Waals surface area (Å²) in [7, 11) is 0. The van der Waals surface area contributed by atoms with Crippen molar-refractivity contribution < 1.29 is 28.7 Å². The number of hydrogen-bond acceptors (Lipinski definition) is 6. The summed E-state index contributed by atoms with van der Waals surface area (Å²) in [6.07, 6.45) is 2.69. The standard InChI is InChI=1S/C24H25N3O6/c1-16-10-12-24(13-11-16)22(30)27(23(31)25-24)26-20(28)15-32-21(29)17-6-5-9-19(14-17)33-18-7-3-2-4-8-18/h2-9,14,16H,10-13,15H2,1H3,(H,25,31)(H,26,28). The molecule has 1 saturated heterocycles. The third-order valence-corrected chi connectivity index (χ3v) is 5.91. The van der Waals surface area contributed by atoms with Crippen molar-refractivity contribution in [3.8, 4) is 11.5 Å². The molecule has 2 aromatic rings. The van der Waals surface area contributed by atoms with Crippen molar-refractivity contribution in [3.05, 3.63) is 60.2 Å². The van der Waals surface area contributed by atoms with Gasteiger partial charge in [0.25, 0.3) is 11.8 Å². The van der Waals surface area contributed by atoms with Gasteiger partial charge in [0.05, 0.1) is 5.56 Å². The number of rotatable bonds is 6. The van der Waals surface area contributed by atoms with Crippen LogP contribution in [0.2, 0.25) is 0 Å². The van der Waals surface area contributed by atoms with Gasteiger partial charge in [0.1, 0.15) is 17.0 Å². The van der Waals surface area contributed by atoms with Crippen molar-refractivity contribution in [3.63, 3.8) is 0 Å². The zero-order valence-corrected chi connectivity index (χ0v) is 18.2. The molecule has 9 nitrogen and oxygen atoms in total. The van der Waals surface area contributed by atoms with Gasteiger partial charge in [0.15, 0.2) is 6.61 Å². The Morgan fingerprint density at radius 2 is 1.76 bits per heavy atom. The molecule has 4 rings (SSSR count). The lowest BCUT2D eigenvalue weighted by Crippen LogP contribution is -2.52. The zero-order chi connectivity index (χ0) is 23.4. The molecule has 1 spiro atoms. The van der Waals surface area contributed by atoms with E-state index in [1.165, 1.54) is 12.1 Å². The van der Waals surface area contributed by atoms with E-state index in [-0.39, 0.29) is 5.56 Å². The highest BCUT2D eigenvalue weighted by atomic mass is 16.5. The molecule has 0 aromatic heterocycles. The average Bonchev–Trinajstić information content (AvgIpc) is 3.04. The molecule has 33 heavy (non-hydrogen) atoms. The van der Waals surface area contributed by atoms with Crippen LogP contribution in [0.25, 0.3) is 0 Å². The van der Waals surface area contributed by atoms with Crippen LogP contribution in [-0.4, -0.2) is 41.0 Å². The molecule has 1 saturated carbocycles. The summed E-state index contributed by atoms with van der Waals surface area (Å²) in [5, 5.41) is 3.39. The highest BCUT2D eigenvalue weighted by Gasteiger charge is 2.52. The minimum absolute atomic E-state index is 0.196. The minimum Gasteiger partial charge on any atom is -0.457 e. The summed E-state index contributed by atoms with van der Waals surface area (Å²) in [4.78, 5) is 49.7. The first-order valence-corrected chi connectivity index (χ1v) is 10.8. The van der Waals surface area contributed by atoms with Gasteiger partial charge in [-0.1, -0.05) is 31.2 Å². The van der Waals surface area contributed by atoms with Crippen LogP contribution >= 0.6 is 0 Å². The van der Waals surface area contributed by atoms with Gasteiger partial charge in [-0.15, -0.1) is 0 Å². The number of imide groups is 1. The molecule has 1 aliphatic carbocycles. The fraction of sp³-hybridized carbons (Fsp3) is 0.333. The van der Waals surface area contributed by atoms with Gasteiger partial charge in [0, 0.05) is 0 Å². The first kappa shape index (κ1) is 22.3. The molecule has 2 aromatic carbocycles. The topological polar surface area (TPSA) is 114 Å². The Labute approximate surface area is 191 Å². The molecular weight excluding hydrogens is 426 g/mol. The molecule has 9 heteroatoms. The number of hydrogen-bond donors (Lipinski definition) is 2. The molecule has 0 radical (unpaired) electrons. The number of nitrogens with one attached hydrogen (secondary N) is 2. The third kappa shape index (κ3) is 4.97. The van der Waals surface area contributed by atoms with E-state index in [0.717, 1.165) is 12.8 Å². The van der Waals surface area contributed by atoms with Gasteiger partial charge in [-0.2, -0.15) is 5.01 Å². The summed E-state index contributed by atoms with van der Waals surface area (Å²) < 4.78 is 10.7. The maximum atomic E-state index is 12.8. The number of carbonyl (C=O) groups is 4. The molecule has 0 bridgehead atoms. The predicted molar refractivity (Wildman–Crippen MR) is 117 cm³/mol. The lowest BCUT2D eigenvalue weighted by atomic mass is 9.77. The SMILES string of the molecule is CC1CCC2(CC1)NC(=O)N(NC(=O)COC(=O)c1cccc(Oc3ccccc3)c1)C2=O. The summed E-state index contributed by atoms with van der Waals surface area (Å²) in [5.74, 6) is -0.471. The van der Waals surface area contributed by atoms with E-state index in [1.807, 2.05) is 18.2 Å². The summed E-state index contributed by atoms with van der Waals surface area (Å²) >= 11 is 0. The highest BCUT2D eigenvalue weighted by molar-refractivity contribution is 6.08. The van der Waals surface area contributed by atoms with Gasteiger partial charge in [0.2, 0.25) is 0 Å². The van der Waals surface area contributed by atoms with Gasteiger partial charge in [-0.3, -0.25) is 15.0 Å². The molecule has 2 N–H and O–H groups in total. The van der Waals surface area contributed by atoms with E-state index >= 15 is 0 Å². The first-order chi connectivity index (χ1) is 15.9. The smallest absolute Gasteiger partial charge is 0.344 e. The van der Waals surface area contributed by atoms with E-state index in [9.17, 15) is 19.2 Å². The maximum absolute atomic E-state index is 12.8. The largest absolute Gasteiger partial charge is 0.457 e. The normalized spacial score (nSPS) is 22.1. The van der Waals surface area contributed by atoms with E-state index in [0.29, 0.717) is 35.3 Å². The molecule has 2 fully saturated rings. The van der Waals surface area contributed by atoms with Gasteiger partial charge < -0.3 is 14.8 Å². The second-order valence-electron chi connectivity index (χ2n) is 8.39. The van der Waals surface area contributed by atoms with Crippen molar-refractivity contribution in [2.24, 2.45) is 5.92 Å². The van der Waals surface area contributed by atoms with Gasteiger partial charge >= 0.3 is 12.0 Å². The number of hydrazine groups is 1. The average molecular weight is 451 g/mol. The van der Waals surface area contributed by atoms with E-state index in [1.54, 1.807) is 24.3 Å². The second kappa shape index (κ2) is 9.32. The minimum atomic E-state index is -0.966. The van der Waals surface area contributed by atoms with Crippen molar-refractivity contribution >= 4 is 23.8 Å². The maximum Gasteiger partial charge on any atom is 0.344 e. The lowest BCUT2D eigenvalue weighted by Gasteiger charge is -2.33. The highest BCUT2D eigenvalue weighted by Crippen LogP contribution is 2.35. The zero-order valence-electron chi connectivity index (χ0n) is 18.2. The molecule has 172 valence electrons. The Kier molecular flexibility index (Phi) is 6.30.